The molecular weight excluding hydrogens is 1280 g/mol. The van der Waals surface area contributed by atoms with Crippen molar-refractivity contribution in [3.8, 4) is 23.0 Å². The summed E-state index contributed by atoms with van der Waals surface area (Å²) >= 11 is 0. The predicted molar refractivity (Wildman–Crippen MR) is 285 cm³/mol. The number of rotatable bonds is 16. The Morgan fingerprint density at radius 3 is 0.548 bits per heavy atom. The summed E-state index contributed by atoms with van der Waals surface area (Å²) in [5.41, 5.74) is 1.33. The minimum absolute atomic E-state index is 0. The van der Waals surface area contributed by atoms with Gasteiger partial charge in [0.05, 0.1) is 65.1 Å². The molecule has 0 amide bonds. The van der Waals surface area contributed by atoms with E-state index in [4.69, 9.17) is 0 Å². The molecule has 8 rings (SSSR count). The average molecular weight is 1310 g/mol. The van der Waals surface area contributed by atoms with Gasteiger partial charge in [-0.1, -0.05) is 48.6 Å². The first-order valence-corrected chi connectivity index (χ1v) is 28.0. The van der Waals surface area contributed by atoms with E-state index in [-0.39, 0.29) is 274 Å². The Bertz CT molecular complexity index is 3730. The number of aromatic hydroxyl groups is 4. The molecule has 84 heavy (non-hydrogen) atoms. The summed E-state index contributed by atoms with van der Waals surface area (Å²) in [6.45, 7) is 0. The van der Waals surface area contributed by atoms with Crippen LogP contribution in [0.1, 0.15) is 22.3 Å². The van der Waals surface area contributed by atoms with E-state index in [2.05, 4.69) is 40.9 Å². The van der Waals surface area contributed by atoms with E-state index in [1.807, 2.05) is 0 Å². The quantitative estimate of drug-likeness (QED) is 0.0422. The fourth-order valence-electron chi connectivity index (χ4n) is 6.66. The smallest absolute Gasteiger partial charge is 0.744 e. The van der Waals surface area contributed by atoms with Gasteiger partial charge >= 0.3 is 206 Å². The largest absolute Gasteiger partial charge is 1.00 e. The van der Waals surface area contributed by atoms with Crippen LogP contribution in [0.3, 0.4) is 0 Å². The third kappa shape index (κ3) is 23.5. The van der Waals surface area contributed by atoms with E-state index < -0.39 is 60.1 Å². The molecular formula is C52H36K4N8O16S4. The van der Waals surface area contributed by atoms with Gasteiger partial charge in [-0.2, -0.15) is 40.9 Å². The van der Waals surface area contributed by atoms with Crippen molar-refractivity contribution in [1.82, 2.24) is 0 Å². The van der Waals surface area contributed by atoms with Crippen LogP contribution < -0.4 is 206 Å². The Balaban J connectivity index is 0.000000420. The van der Waals surface area contributed by atoms with E-state index in [1.165, 1.54) is 170 Å². The van der Waals surface area contributed by atoms with E-state index >= 15 is 0 Å². The van der Waals surface area contributed by atoms with Crippen LogP contribution in [0.4, 0.5) is 45.5 Å². The minimum Gasteiger partial charge on any atom is -0.744 e. The second-order valence-corrected chi connectivity index (χ2v) is 21.6. The molecule has 0 unspecified atom stereocenters. The molecule has 32 heteroatoms. The van der Waals surface area contributed by atoms with Gasteiger partial charge in [0.2, 0.25) is 0 Å². The summed E-state index contributed by atoms with van der Waals surface area (Å²) < 4.78 is 143. The number of phenols is 4. The van der Waals surface area contributed by atoms with Gasteiger partial charge in [-0.05, 0) is 168 Å². The van der Waals surface area contributed by atoms with Crippen LogP contribution >= 0.6 is 0 Å². The molecule has 0 aliphatic rings. The summed E-state index contributed by atoms with van der Waals surface area (Å²) in [7, 11) is -20.0. The number of benzene rings is 8. The van der Waals surface area contributed by atoms with Gasteiger partial charge in [-0.15, -0.1) is 0 Å². The van der Waals surface area contributed by atoms with E-state index in [0.29, 0.717) is 22.7 Å². The monoisotopic (exact) mass is 1310 g/mol. The molecule has 0 bridgehead atoms. The number of hydrogen-bond acceptors (Lipinski definition) is 24. The van der Waals surface area contributed by atoms with Crippen LogP contribution in [0.15, 0.2) is 230 Å². The van der Waals surface area contributed by atoms with Crippen molar-refractivity contribution in [3.63, 3.8) is 0 Å². The zero-order valence-corrected chi connectivity index (χ0v) is 60.1. The SMILES string of the molecule is O=S(=O)([O-])c1cc(N=Nc2ccc(O)cc2)ccc1C=Cc1ccc(N=Nc2ccc(O)cc2)cc1S(=O)(=O)[O-].O=S(=O)([O-])c1cc(N=Nc2ccc(O)cc2)ccc1C=Cc1ccc(N=Nc2ccc(O)cc2)cc1S(=O)(=O)[O-].[K+].[K+].[K+].[K+]. The molecule has 8 aromatic carbocycles. The number of nitrogens with zero attached hydrogens (tertiary/aromatic N) is 8. The molecule has 0 aliphatic heterocycles. The Morgan fingerprint density at radius 2 is 0.393 bits per heavy atom. The van der Waals surface area contributed by atoms with E-state index in [1.54, 1.807) is 0 Å². The molecule has 0 saturated carbocycles. The molecule has 4 N–H and O–H groups in total. The summed E-state index contributed by atoms with van der Waals surface area (Å²) in [6.07, 6.45) is 4.70. The third-order valence-corrected chi connectivity index (χ3v) is 14.0. The molecule has 0 aliphatic carbocycles. The molecule has 8 aromatic rings. The fourth-order valence-corrected chi connectivity index (χ4v) is 9.42. The first-order valence-electron chi connectivity index (χ1n) is 22.4. The zero-order chi connectivity index (χ0) is 57.8. The van der Waals surface area contributed by atoms with Gasteiger partial charge in [0, 0.05) is 0 Å². The van der Waals surface area contributed by atoms with Gasteiger partial charge in [-0.3, -0.25) is 0 Å². The fraction of sp³-hybridized carbons (Fsp3) is 0. The standard InChI is InChI=1S/2C26H20N4O8S2.4K/c2*31-23-11-7-19(8-12-23)27-29-21-5-3-17(25(15-21)39(33,34)35)1-2-18-4-6-22(16-26(18)40(36,37)38)30-28-20-9-13-24(32)14-10-20;;;;/h2*1-16,31-32H,(H,33,34,35)(H,36,37,38);;;;/q;;4*+1/p-4. The van der Waals surface area contributed by atoms with Gasteiger partial charge in [0.25, 0.3) is 0 Å². The van der Waals surface area contributed by atoms with Crippen molar-refractivity contribution in [3.05, 3.63) is 192 Å². The number of azo groups is 4. The van der Waals surface area contributed by atoms with Crippen LogP contribution in [0, 0.1) is 0 Å². The van der Waals surface area contributed by atoms with Crippen LogP contribution in [0.25, 0.3) is 24.3 Å². The molecule has 0 aromatic heterocycles. The molecule has 0 heterocycles. The minimum atomic E-state index is -4.99. The summed E-state index contributed by atoms with van der Waals surface area (Å²) in [4.78, 5) is -2.57. The first kappa shape index (κ1) is 75.3. The predicted octanol–water partition coefficient (Wildman–Crippen LogP) is -0.170. The second-order valence-electron chi connectivity index (χ2n) is 16.2. The summed E-state index contributed by atoms with van der Waals surface area (Å²) in [6, 6.07) is 37.6. The van der Waals surface area contributed by atoms with Gasteiger partial charge < -0.3 is 38.6 Å². The van der Waals surface area contributed by atoms with Crippen molar-refractivity contribution in [2.45, 2.75) is 19.6 Å². The van der Waals surface area contributed by atoms with E-state index in [9.17, 15) is 72.3 Å². The maximum Gasteiger partial charge on any atom is 1.00 e. The Kier molecular flexibility index (Phi) is 30.6. The second kappa shape index (κ2) is 34.1. The normalized spacial score (nSPS) is 12.0. The van der Waals surface area contributed by atoms with E-state index in [0.717, 1.165) is 24.3 Å². The zero-order valence-electron chi connectivity index (χ0n) is 44.4. The van der Waals surface area contributed by atoms with Crippen molar-refractivity contribution < 1.29 is 278 Å². The van der Waals surface area contributed by atoms with Gasteiger partial charge in [0.1, 0.15) is 63.5 Å². The van der Waals surface area contributed by atoms with Crippen LogP contribution in [-0.4, -0.2) is 72.3 Å². The topological polar surface area (TPSA) is 409 Å². The van der Waals surface area contributed by atoms with Gasteiger partial charge in [-0.25, -0.2) is 33.7 Å². The Labute approximate surface area is 651 Å². The molecule has 0 fully saturated rings. The maximum atomic E-state index is 11.9. The third-order valence-electron chi connectivity index (χ3n) is 10.5. The van der Waals surface area contributed by atoms with Gasteiger partial charge in [0.15, 0.2) is 0 Å². The Morgan fingerprint density at radius 1 is 0.250 bits per heavy atom. The van der Waals surface area contributed by atoms with Crippen molar-refractivity contribution >= 4 is 110 Å². The summed E-state index contributed by atoms with van der Waals surface area (Å²) in [5, 5.41) is 68.6. The van der Waals surface area contributed by atoms with Crippen LogP contribution in [0.2, 0.25) is 0 Å². The molecule has 0 spiro atoms. The van der Waals surface area contributed by atoms with Crippen LogP contribution in [0.5, 0.6) is 23.0 Å². The molecule has 24 nitrogen and oxygen atoms in total. The Hall–Kier alpha value is -2.97. The van der Waals surface area contributed by atoms with Crippen molar-refractivity contribution in [2.24, 2.45) is 40.9 Å². The molecule has 408 valence electrons. The van der Waals surface area contributed by atoms with Crippen molar-refractivity contribution in [1.29, 1.82) is 0 Å². The first-order chi connectivity index (χ1) is 37.8. The summed E-state index contributed by atoms with van der Waals surface area (Å²) in [5.74, 6) is 0.0958. The van der Waals surface area contributed by atoms with Crippen molar-refractivity contribution in [2.75, 3.05) is 0 Å². The van der Waals surface area contributed by atoms with Crippen LogP contribution in [-0.2, 0) is 40.5 Å². The number of phenolic OH excluding ortho intramolecular Hbond substituents is 4. The number of hydrogen-bond donors (Lipinski definition) is 4. The average Bonchev–Trinajstić information content (AvgIpc) is 3.54. The molecule has 0 radical (unpaired) electrons. The molecule has 0 atom stereocenters. The molecule has 0 saturated heterocycles. The maximum absolute atomic E-state index is 11.9.